The van der Waals surface area contributed by atoms with E-state index in [0.717, 1.165) is 0 Å². The van der Waals surface area contributed by atoms with E-state index >= 15 is 0 Å². The minimum absolute atomic E-state index is 0.0300. The molecule has 0 unspecified atom stereocenters. The summed E-state index contributed by atoms with van der Waals surface area (Å²) in [6.45, 7) is 0. The normalized spacial score (nSPS) is 10.2. The third kappa shape index (κ3) is 1.86. The van der Waals surface area contributed by atoms with Gasteiger partial charge in [0.15, 0.2) is 4.60 Å². The fourth-order valence-corrected chi connectivity index (χ4v) is 1.57. The number of rotatable bonds is 2. The highest BCUT2D eigenvalue weighted by molar-refractivity contribution is 9.10. The van der Waals surface area contributed by atoms with Gasteiger partial charge in [0.05, 0.1) is 4.92 Å². The molecular formula is C8H5BrN4O2. The Bertz CT molecular complexity index is 511. The molecule has 0 radical (unpaired) electrons. The number of aromatic amines is 1. The van der Waals surface area contributed by atoms with E-state index in [-0.39, 0.29) is 5.69 Å². The van der Waals surface area contributed by atoms with Gasteiger partial charge in [-0.15, -0.1) is 5.10 Å². The summed E-state index contributed by atoms with van der Waals surface area (Å²) in [6.07, 6.45) is 0. The van der Waals surface area contributed by atoms with Crippen LogP contribution in [0.25, 0.3) is 11.3 Å². The highest BCUT2D eigenvalue weighted by atomic mass is 79.9. The van der Waals surface area contributed by atoms with Gasteiger partial charge < -0.3 is 0 Å². The van der Waals surface area contributed by atoms with Gasteiger partial charge >= 0.3 is 0 Å². The van der Waals surface area contributed by atoms with Crippen molar-refractivity contribution >= 4 is 21.6 Å². The monoisotopic (exact) mass is 268 g/mol. The van der Waals surface area contributed by atoms with Gasteiger partial charge in [0.1, 0.15) is 5.69 Å². The molecule has 1 aromatic carbocycles. The minimum Gasteiger partial charge on any atom is -0.258 e. The Labute approximate surface area is 92.6 Å². The Morgan fingerprint density at radius 2 is 2.20 bits per heavy atom. The van der Waals surface area contributed by atoms with E-state index < -0.39 is 4.92 Å². The van der Waals surface area contributed by atoms with Crippen molar-refractivity contribution in [1.29, 1.82) is 0 Å². The summed E-state index contributed by atoms with van der Waals surface area (Å²) in [5.41, 5.74) is 1.23. The lowest BCUT2D eigenvalue weighted by Gasteiger charge is -1.96. The SMILES string of the molecule is O=[N+]([O-])c1cccc(-c2n[nH]nc2Br)c1. The maximum absolute atomic E-state index is 10.6. The molecule has 0 aliphatic heterocycles. The number of nitrogens with zero attached hydrogens (tertiary/aromatic N) is 3. The molecule has 0 atom stereocenters. The van der Waals surface area contributed by atoms with Crippen molar-refractivity contribution in [3.63, 3.8) is 0 Å². The lowest BCUT2D eigenvalue weighted by molar-refractivity contribution is -0.384. The third-order valence-corrected chi connectivity index (χ3v) is 2.39. The fraction of sp³-hybridized carbons (Fsp3) is 0. The van der Waals surface area contributed by atoms with Gasteiger partial charge in [-0.25, -0.2) is 0 Å². The molecule has 0 bridgehead atoms. The fourth-order valence-electron chi connectivity index (χ4n) is 1.17. The van der Waals surface area contributed by atoms with Crippen LogP contribution in [0.1, 0.15) is 0 Å². The summed E-state index contributed by atoms with van der Waals surface area (Å²) in [4.78, 5) is 10.1. The van der Waals surface area contributed by atoms with Crippen LogP contribution in [0.4, 0.5) is 5.69 Å². The predicted octanol–water partition coefficient (Wildman–Crippen LogP) is 2.14. The molecule has 0 aliphatic carbocycles. The molecule has 1 heterocycles. The van der Waals surface area contributed by atoms with Crippen molar-refractivity contribution in [2.24, 2.45) is 0 Å². The summed E-state index contributed by atoms with van der Waals surface area (Å²) in [6, 6.07) is 6.21. The average molecular weight is 269 g/mol. The summed E-state index contributed by atoms with van der Waals surface area (Å²) in [7, 11) is 0. The predicted molar refractivity (Wildman–Crippen MR) is 56.2 cm³/mol. The largest absolute Gasteiger partial charge is 0.270 e. The number of benzene rings is 1. The highest BCUT2D eigenvalue weighted by Crippen LogP contribution is 2.26. The molecule has 0 spiro atoms. The lowest BCUT2D eigenvalue weighted by atomic mass is 10.1. The van der Waals surface area contributed by atoms with Crippen LogP contribution in [-0.2, 0) is 0 Å². The number of nitro groups is 1. The Morgan fingerprint density at radius 3 is 2.80 bits per heavy atom. The van der Waals surface area contributed by atoms with E-state index in [4.69, 9.17) is 0 Å². The summed E-state index contributed by atoms with van der Waals surface area (Å²) in [5, 5.41) is 20.6. The molecule has 1 aromatic heterocycles. The van der Waals surface area contributed by atoms with Crippen LogP contribution >= 0.6 is 15.9 Å². The number of nitro benzene ring substituents is 1. The molecule has 0 saturated carbocycles. The first-order chi connectivity index (χ1) is 7.18. The zero-order chi connectivity index (χ0) is 10.8. The zero-order valence-electron chi connectivity index (χ0n) is 7.35. The van der Waals surface area contributed by atoms with Crippen molar-refractivity contribution in [3.05, 3.63) is 39.0 Å². The first-order valence-electron chi connectivity index (χ1n) is 3.99. The van der Waals surface area contributed by atoms with Crippen LogP contribution in [0.3, 0.4) is 0 Å². The molecule has 15 heavy (non-hydrogen) atoms. The van der Waals surface area contributed by atoms with E-state index in [9.17, 15) is 10.1 Å². The molecule has 7 heteroatoms. The Kier molecular flexibility index (Phi) is 2.46. The van der Waals surface area contributed by atoms with Crippen molar-refractivity contribution in [2.45, 2.75) is 0 Å². The van der Waals surface area contributed by atoms with Gasteiger partial charge in [0.25, 0.3) is 5.69 Å². The Balaban J connectivity index is 2.50. The first-order valence-corrected chi connectivity index (χ1v) is 4.79. The number of hydrogen-bond donors (Lipinski definition) is 1. The number of halogens is 1. The zero-order valence-corrected chi connectivity index (χ0v) is 8.93. The Hall–Kier alpha value is -1.76. The molecular weight excluding hydrogens is 264 g/mol. The molecule has 6 nitrogen and oxygen atoms in total. The van der Waals surface area contributed by atoms with Gasteiger partial charge in [-0.2, -0.15) is 10.3 Å². The van der Waals surface area contributed by atoms with Crippen molar-refractivity contribution in [2.75, 3.05) is 0 Å². The van der Waals surface area contributed by atoms with Crippen molar-refractivity contribution in [1.82, 2.24) is 15.4 Å². The topological polar surface area (TPSA) is 84.7 Å². The quantitative estimate of drug-likeness (QED) is 0.668. The van der Waals surface area contributed by atoms with Crippen molar-refractivity contribution < 1.29 is 4.92 Å². The minimum atomic E-state index is -0.447. The van der Waals surface area contributed by atoms with E-state index in [0.29, 0.717) is 15.9 Å². The van der Waals surface area contributed by atoms with Crippen molar-refractivity contribution in [3.8, 4) is 11.3 Å². The molecule has 0 amide bonds. The second-order valence-corrected chi connectivity index (χ2v) is 3.52. The number of H-pyrrole nitrogens is 1. The van der Waals surface area contributed by atoms with E-state index in [2.05, 4.69) is 31.3 Å². The van der Waals surface area contributed by atoms with Gasteiger partial charge in [-0.3, -0.25) is 10.1 Å². The maximum Gasteiger partial charge on any atom is 0.270 e. The van der Waals surface area contributed by atoms with Gasteiger partial charge in [0, 0.05) is 17.7 Å². The van der Waals surface area contributed by atoms with Gasteiger partial charge in [-0.1, -0.05) is 12.1 Å². The maximum atomic E-state index is 10.6. The lowest BCUT2D eigenvalue weighted by Crippen LogP contribution is -1.88. The third-order valence-electron chi connectivity index (χ3n) is 1.84. The second kappa shape index (κ2) is 3.77. The van der Waals surface area contributed by atoms with E-state index in [1.807, 2.05) is 0 Å². The summed E-state index contributed by atoms with van der Waals surface area (Å²) >= 11 is 3.19. The van der Waals surface area contributed by atoms with Crippen LogP contribution < -0.4 is 0 Å². The molecule has 2 aromatic rings. The number of hydrogen-bond acceptors (Lipinski definition) is 4. The van der Waals surface area contributed by atoms with Crippen LogP contribution in [0.5, 0.6) is 0 Å². The number of nitrogens with one attached hydrogen (secondary N) is 1. The van der Waals surface area contributed by atoms with E-state index in [1.165, 1.54) is 12.1 Å². The molecule has 0 saturated heterocycles. The molecule has 1 N–H and O–H groups in total. The average Bonchev–Trinajstić information content (AvgIpc) is 2.64. The Morgan fingerprint density at radius 1 is 1.40 bits per heavy atom. The standard InChI is InChI=1S/C8H5BrN4O2/c9-8-7(10-12-11-8)5-2-1-3-6(4-5)13(14)15/h1-4H,(H,10,11,12). The van der Waals surface area contributed by atoms with Gasteiger partial charge in [-0.05, 0) is 15.9 Å². The highest BCUT2D eigenvalue weighted by Gasteiger charge is 2.11. The molecule has 0 aliphatic rings. The van der Waals surface area contributed by atoms with Crippen LogP contribution in [-0.4, -0.2) is 20.3 Å². The second-order valence-electron chi connectivity index (χ2n) is 2.77. The van der Waals surface area contributed by atoms with E-state index in [1.54, 1.807) is 12.1 Å². The molecule has 76 valence electrons. The van der Waals surface area contributed by atoms with Crippen LogP contribution in [0.15, 0.2) is 28.9 Å². The smallest absolute Gasteiger partial charge is 0.258 e. The summed E-state index contributed by atoms with van der Waals surface area (Å²) in [5.74, 6) is 0. The first kappa shape index (κ1) is 9.78. The van der Waals surface area contributed by atoms with Gasteiger partial charge in [0.2, 0.25) is 0 Å². The molecule has 2 rings (SSSR count). The molecule has 0 fully saturated rings. The number of non-ortho nitro benzene ring substituents is 1. The number of aromatic nitrogens is 3. The summed E-state index contributed by atoms with van der Waals surface area (Å²) < 4.78 is 0.531. The van der Waals surface area contributed by atoms with Crippen LogP contribution in [0.2, 0.25) is 0 Å². The van der Waals surface area contributed by atoms with Crippen LogP contribution in [0, 0.1) is 10.1 Å².